The third-order valence-electron chi connectivity index (χ3n) is 2.24. The van der Waals surface area contributed by atoms with Crippen molar-refractivity contribution in [2.75, 3.05) is 6.61 Å². The minimum absolute atomic E-state index is 0.0540. The summed E-state index contributed by atoms with van der Waals surface area (Å²) in [6.07, 6.45) is -0.0540. The molecule has 6 nitrogen and oxygen atoms in total. The molecule has 1 fully saturated rings. The molecule has 0 aromatic heterocycles. The minimum Gasteiger partial charge on any atom is -0.463 e. The van der Waals surface area contributed by atoms with Gasteiger partial charge in [-0.05, 0) is 13.8 Å². The molecule has 1 aliphatic rings. The fraction of sp³-hybridized carbons (Fsp3) is 0.500. The molecule has 0 saturated carbocycles. The predicted molar refractivity (Wildman–Crippen MR) is 54.8 cm³/mol. The van der Waals surface area contributed by atoms with E-state index in [0.717, 1.165) is 0 Å². The number of allylic oxidation sites excluding steroid dienone is 1. The topological polar surface area (TPSA) is 98.5 Å². The molecule has 0 aromatic carbocycles. The maximum absolute atomic E-state index is 11.6. The standard InChI is InChI=1S/C10H14N2O4/c1-3-16-10(15)8(5(2)11)6-4-7(13)12-9(6)14/h6H,3-4,11H2,1-2H3,(H,12,13,14)/b8-5-/t6-/m0/s1. The highest BCUT2D eigenvalue weighted by Gasteiger charge is 2.37. The van der Waals surface area contributed by atoms with E-state index in [-0.39, 0.29) is 24.3 Å². The summed E-state index contributed by atoms with van der Waals surface area (Å²) in [5.41, 5.74) is 5.82. The van der Waals surface area contributed by atoms with Gasteiger partial charge in [0.15, 0.2) is 0 Å². The Hall–Kier alpha value is -1.85. The van der Waals surface area contributed by atoms with Crippen molar-refractivity contribution in [2.45, 2.75) is 20.3 Å². The van der Waals surface area contributed by atoms with Crippen LogP contribution in [0.25, 0.3) is 0 Å². The number of nitrogens with one attached hydrogen (secondary N) is 1. The molecular weight excluding hydrogens is 212 g/mol. The van der Waals surface area contributed by atoms with Crippen LogP contribution in [0.15, 0.2) is 11.3 Å². The van der Waals surface area contributed by atoms with E-state index in [4.69, 9.17) is 10.5 Å². The van der Waals surface area contributed by atoms with E-state index >= 15 is 0 Å². The second-order valence-electron chi connectivity index (χ2n) is 3.49. The molecule has 3 N–H and O–H groups in total. The van der Waals surface area contributed by atoms with Crippen LogP contribution in [-0.4, -0.2) is 24.4 Å². The van der Waals surface area contributed by atoms with Crippen molar-refractivity contribution in [1.29, 1.82) is 0 Å². The molecule has 1 rings (SSSR count). The summed E-state index contributed by atoms with van der Waals surface area (Å²) in [4.78, 5) is 34.0. The van der Waals surface area contributed by atoms with E-state index in [9.17, 15) is 14.4 Å². The molecule has 0 spiro atoms. The van der Waals surface area contributed by atoms with Gasteiger partial charge < -0.3 is 10.5 Å². The highest BCUT2D eigenvalue weighted by atomic mass is 16.5. The number of imide groups is 1. The van der Waals surface area contributed by atoms with E-state index in [0.29, 0.717) is 0 Å². The fourth-order valence-electron chi connectivity index (χ4n) is 1.57. The van der Waals surface area contributed by atoms with Gasteiger partial charge in [-0.1, -0.05) is 0 Å². The summed E-state index contributed by atoms with van der Waals surface area (Å²) in [6.45, 7) is 3.35. The molecule has 16 heavy (non-hydrogen) atoms. The lowest BCUT2D eigenvalue weighted by Gasteiger charge is -2.12. The monoisotopic (exact) mass is 226 g/mol. The fourth-order valence-corrected chi connectivity index (χ4v) is 1.57. The number of rotatable bonds is 3. The molecule has 88 valence electrons. The Labute approximate surface area is 92.8 Å². The number of carbonyl (C=O) groups is 3. The van der Waals surface area contributed by atoms with E-state index in [2.05, 4.69) is 5.32 Å². The quantitative estimate of drug-likeness (QED) is 0.382. The van der Waals surface area contributed by atoms with Crippen LogP contribution in [-0.2, 0) is 19.1 Å². The molecule has 1 heterocycles. The Kier molecular flexibility index (Phi) is 3.65. The lowest BCUT2D eigenvalue weighted by atomic mass is 9.96. The maximum Gasteiger partial charge on any atom is 0.336 e. The first-order valence-electron chi connectivity index (χ1n) is 4.94. The van der Waals surface area contributed by atoms with Gasteiger partial charge in [-0.25, -0.2) is 4.79 Å². The largest absolute Gasteiger partial charge is 0.463 e. The lowest BCUT2D eigenvalue weighted by Crippen LogP contribution is -2.27. The number of hydrogen-bond donors (Lipinski definition) is 2. The third-order valence-corrected chi connectivity index (χ3v) is 2.24. The zero-order valence-electron chi connectivity index (χ0n) is 9.20. The van der Waals surface area contributed by atoms with Gasteiger partial charge in [0, 0.05) is 12.1 Å². The minimum atomic E-state index is -0.823. The Bertz CT molecular complexity index is 369. The van der Waals surface area contributed by atoms with Crippen LogP contribution in [0.5, 0.6) is 0 Å². The highest BCUT2D eigenvalue weighted by molar-refractivity contribution is 6.09. The number of carbonyl (C=O) groups excluding carboxylic acids is 3. The number of ether oxygens (including phenoxy) is 1. The predicted octanol–water partition coefficient (Wildman–Crippen LogP) is -0.555. The van der Waals surface area contributed by atoms with Crippen LogP contribution in [0.2, 0.25) is 0 Å². The van der Waals surface area contributed by atoms with E-state index in [1.54, 1.807) is 6.92 Å². The van der Waals surface area contributed by atoms with Gasteiger partial charge in [0.05, 0.1) is 18.1 Å². The number of amides is 2. The van der Waals surface area contributed by atoms with E-state index in [1.165, 1.54) is 6.92 Å². The zero-order chi connectivity index (χ0) is 12.3. The van der Waals surface area contributed by atoms with Crippen molar-refractivity contribution in [3.05, 3.63) is 11.3 Å². The van der Waals surface area contributed by atoms with Crippen LogP contribution in [0, 0.1) is 5.92 Å². The normalized spacial score (nSPS) is 21.5. The molecule has 0 bridgehead atoms. The summed E-state index contributed by atoms with van der Waals surface area (Å²) in [5.74, 6) is -2.37. The van der Waals surface area contributed by atoms with E-state index < -0.39 is 23.7 Å². The molecular formula is C10H14N2O4. The molecule has 1 atom stereocenters. The average Bonchev–Trinajstić information content (AvgIpc) is 2.45. The Balaban J connectivity index is 2.97. The third kappa shape index (κ3) is 2.39. The average molecular weight is 226 g/mol. The van der Waals surface area contributed by atoms with Crippen molar-refractivity contribution in [2.24, 2.45) is 11.7 Å². The summed E-state index contributed by atoms with van der Waals surface area (Å²) in [6, 6.07) is 0. The van der Waals surface area contributed by atoms with Crippen LogP contribution in [0.1, 0.15) is 20.3 Å². The van der Waals surface area contributed by atoms with Gasteiger partial charge in [-0.2, -0.15) is 0 Å². The van der Waals surface area contributed by atoms with E-state index in [1.807, 2.05) is 0 Å². The molecule has 1 saturated heterocycles. The smallest absolute Gasteiger partial charge is 0.336 e. The Morgan fingerprint density at radius 2 is 2.19 bits per heavy atom. The summed E-state index contributed by atoms with van der Waals surface area (Å²) >= 11 is 0. The molecule has 1 aliphatic heterocycles. The van der Waals surface area contributed by atoms with Crippen molar-refractivity contribution in [3.63, 3.8) is 0 Å². The molecule has 0 aromatic rings. The first kappa shape index (κ1) is 12.2. The first-order valence-corrected chi connectivity index (χ1v) is 4.94. The molecule has 0 radical (unpaired) electrons. The van der Waals surface area contributed by atoms with Gasteiger partial charge in [-0.15, -0.1) is 0 Å². The number of hydrogen-bond acceptors (Lipinski definition) is 5. The lowest BCUT2D eigenvalue weighted by molar-refractivity contribution is -0.140. The highest BCUT2D eigenvalue weighted by Crippen LogP contribution is 2.23. The Morgan fingerprint density at radius 1 is 1.56 bits per heavy atom. The number of esters is 1. The zero-order valence-corrected chi connectivity index (χ0v) is 9.20. The second kappa shape index (κ2) is 4.78. The molecule has 2 amide bonds. The van der Waals surface area contributed by atoms with Crippen molar-refractivity contribution < 1.29 is 19.1 Å². The van der Waals surface area contributed by atoms with Crippen molar-refractivity contribution in [1.82, 2.24) is 5.32 Å². The summed E-state index contributed by atoms with van der Waals surface area (Å²) < 4.78 is 4.79. The van der Waals surface area contributed by atoms with Gasteiger partial charge in [0.25, 0.3) is 0 Å². The summed E-state index contributed by atoms with van der Waals surface area (Å²) in [5, 5.41) is 2.12. The van der Waals surface area contributed by atoms with Crippen molar-refractivity contribution in [3.8, 4) is 0 Å². The number of nitrogens with two attached hydrogens (primary N) is 1. The SMILES string of the molecule is CCOC(=O)/C(=C(/C)N)[C@@H]1CC(=O)NC1=O. The molecule has 6 heteroatoms. The first-order chi connectivity index (χ1) is 7.47. The Morgan fingerprint density at radius 3 is 2.56 bits per heavy atom. The van der Waals surface area contributed by atoms with Gasteiger partial charge in [0.1, 0.15) is 0 Å². The molecule has 0 unspecified atom stereocenters. The molecule has 0 aliphatic carbocycles. The maximum atomic E-state index is 11.6. The van der Waals surface area contributed by atoms with Crippen LogP contribution < -0.4 is 11.1 Å². The van der Waals surface area contributed by atoms with Crippen LogP contribution in [0.3, 0.4) is 0 Å². The van der Waals surface area contributed by atoms with Gasteiger partial charge >= 0.3 is 5.97 Å². The van der Waals surface area contributed by atoms with Gasteiger partial charge in [0.2, 0.25) is 11.8 Å². The second-order valence-corrected chi connectivity index (χ2v) is 3.49. The van der Waals surface area contributed by atoms with Crippen LogP contribution in [0.4, 0.5) is 0 Å². The van der Waals surface area contributed by atoms with Crippen molar-refractivity contribution >= 4 is 17.8 Å². The summed E-state index contributed by atoms with van der Waals surface area (Å²) in [7, 11) is 0. The van der Waals surface area contributed by atoms with Gasteiger partial charge in [-0.3, -0.25) is 14.9 Å². The van der Waals surface area contributed by atoms with Crippen LogP contribution >= 0.6 is 0 Å².